The smallest absolute Gasteiger partial charge is 0.227 e. The molecular weight excluding hydrogens is 328 g/mol. The van der Waals surface area contributed by atoms with Crippen LogP contribution < -0.4 is 4.90 Å². The van der Waals surface area contributed by atoms with Gasteiger partial charge in [0.1, 0.15) is 12.6 Å². The van der Waals surface area contributed by atoms with Gasteiger partial charge < -0.3 is 19.9 Å². The van der Waals surface area contributed by atoms with E-state index in [0.29, 0.717) is 31.3 Å². The van der Waals surface area contributed by atoms with E-state index in [1.807, 2.05) is 12.1 Å². The Bertz CT molecular complexity index is 851. The summed E-state index contributed by atoms with van der Waals surface area (Å²) in [6, 6.07) is 8.50. The Labute approximate surface area is 153 Å². The highest BCUT2D eigenvalue weighted by Crippen LogP contribution is 2.66. The van der Waals surface area contributed by atoms with E-state index in [2.05, 4.69) is 23.1 Å². The number of aliphatic hydroxyl groups excluding tert-OH is 1. The Kier molecular flexibility index (Phi) is 2.82. The average Bonchev–Trinajstić information content (AvgIpc) is 3.13. The van der Waals surface area contributed by atoms with Crippen molar-refractivity contribution >= 4 is 11.6 Å². The Morgan fingerprint density at radius 2 is 2.23 bits per heavy atom. The van der Waals surface area contributed by atoms with E-state index >= 15 is 0 Å². The first-order chi connectivity index (χ1) is 12.6. The summed E-state index contributed by atoms with van der Waals surface area (Å²) in [5, 5.41) is 23.3. The minimum Gasteiger partial charge on any atom is -0.632 e. The molecule has 4 heterocycles. The summed E-state index contributed by atoms with van der Waals surface area (Å²) < 4.78 is -0.165. The maximum absolute atomic E-state index is 13.8. The van der Waals surface area contributed by atoms with E-state index in [4.69, 9.17) is 0 Å². The molecule has 1 aromatic rings. The Morgan fingerprint density at radius 3 is 3.08 bits per heavy atom. The van der Waals surface area contributed by atoms with Crippen LogP contribution in [-0.2, 0) is 10.2 Å². The number of nitrogens with zero attached hydrogens (tertiary/aromatic N) is 2. The predicted molar refractivity (Wildman–Crippen MR) is 97.2 cm³/mol. The second-order valence-corrected chi connectivity index (χ2v) is 8.87. The first-order valence-electron chi connectivity index (χ1n) is 9.89. The van der Waals surface area contributed by atoms with Crippen LogP contribution in [0.15, 0.2) is 35.9 Å². The van der Waals surface area contributed by atoms with Crippen molar-refractivity contribution in [2.75, 3.05) is 24.6 Å². The standard InChI is InChI=1S/C21H24N2O3/c24-10-7-13-12-23(26)9-8-21-16-3-1-2-4-17(16)22-19(25)6-5-14(20(21)22)15(13)11-18(21)23/h1-4,7,14-15,18,20,24H,5-6,8-12H2/b13-7+. The molecular formula is C21H24N2O3. The van der Waals surface area contributed by atoms with Gasteiger partial charge in [-0.15, -0.1) is 0 Å². The topological polar surface area (TPSA) is 63.6 Å². The zero-order chi connectivity index (χ0) is 17.7. The number of rotatable bonds is 1. The molecule has 0 radical (unpaired) electrons. The van der Waals surface area contributed by atoms with Crippen LogP contribution in [-0.4, -0.2) is 47.4 Å². The highest BCUT2D eigenvalue weighted by atomic mass is 16.5. The van der Waals surface area contributed by atoms with Crippen molar-refractivity contribution in [2.45, 2.75) is 43.2 Å². The zero-order valence-electron chi connectivity index (χ0n) is 14.8. The van der Waals surface area contributed by atoms with Crippen LogP contribution in [0.1, 0.15) is 31.2 Å². The molecule has 1 aliphatic carbocycles. The summed E-state index contributed by atoms with van der Waals surface area (Å²) in [4.78, 5) is 15.0. The van der Waals surface area contributed by atoms with E-state index in [1.54, 1.807) is 0 Å². The molecule has 2 bridgehead atoms. The van der Waals surface area contributed by atoms with Crippen LogP contribution in [0.4, 0.5) is 5.69 Å². The molecule has 5 heteroatoms. The minimum atomic E-state index is -0.166. The fourth-order valence-electron chi connectivity index (χ4n) is 7.44. The maximum Gasteiger partial charge on any atom is 0.227 e. The summed E-state index contributed by atoms with van der Waals surface area (Å²) in [6.07, 6.45) is 5.17. The van der Waals surface area contributed by atoms with Gasteiger partial charge in [-0.1, -0.05) is 24.3 Å². The van der Waals surface area contributed by atoms with Gasteiger partial charge in [-0.05, 0) is 35.5 Å². The molecule has 1 aromatic carbocycles. The van der Waals surface area contributed by atoms with Crippen molar-refractivity contribution in [1.82, 2.24) is 0 Å². The SMILES string of the molecule is O=C1CCC2C3CC4C5(CC[N+]4([O-])C/C3=C\CO)c3ccccc3N1C25. The van der Waals surface area contributed by atoms with Crippen LogP contribution in [0, 0.1) is 17.0 Å². The van der Waals surface area contributed by atoms with Crippen molar-refractivity contribution in [3.63, 3.8) is 0 Å². The molecule has 1 N–H and O–H groups in total. The van der Waals surface area contributed by atoms with Crippen molar-refractivity contribution in [3.8, 4) is 0 Å². The highest BCUT2D eigenvalue weighted by molar-refractivity contribution is 5.98. The number of quaternary nitrogens is 1. The summed E-state index contributed by atoms with van der Waals surface area (Å²) >= 11 is 0. The van der Waals surface area contributed by atoms with Crippen LogP contribution in [0.25, 0.3) is 0 Å². The van der Waals surface area contributed by atoms with E-state index in [-0.39, 0.29) is 34.7 Å². The molecule has 4 aliphatic heterocycles. The normalized spacial score (nSPS) is 46.5. The van der Waals surface area contributed by atoms with Gasteiger partial charge in [0.15, 0.2) is 0 Å². The third-order valence-corrected chi connectivity index (χ3v) is 8.18. The molecule has 26 heavy (non-hydrogen) atoms. The number of amides is 1. The van der Waals surface area contributed by atoms with Gasteiger partial charge >= 0.3 is 0 Å². The fourth-order valence-corrected chi connectivity index (χ4v) is 7.44. The van der Waals surface area contributed by atoms with Crippen molar-refractivity contribution in [3.05, 3.63) is 46.7 Å². The summed E-state index contributed by atoms with van der Waals surface area (Å²) in [6.45, 7) is 1.15. The minimum absolute atomic E-state index is 0.00188. The molecule has 1 spiro atoms. The number of piperidine rings is 2. The third kappa shape index (κ3) is 1.53. The molecule has 0 aromatic heterocycles. The van der Waals surface area contributed by atoms with Gasteiger partial charge in [-0.3, -0.25) is 4.79 Å². The monoisotopic (exact) mass is 352 g/mol. The van der Waals surface area contributed by atoms with Gasteiger partial charge in [-0.25, -0.2) is 0 Å². The number of hydrogen-bond acceptors (Lipinski definition) is 3. The average molecular weight is 352 g/mol. The molecule has 6 atom stereocenters. The molecule has 3 saturated heterocycles. The largest absolute Gasteiger partial charge is 0.632 e. The third-order valence-electron chi connectivity index (χ3n) is 8.18. The number of benzene rings is 1. The molecule has 6 unspecified atom stereocenters. The van der Waals surface area contributed by atoms with E-state index in [9.17, 15) is 15.1 Å². The number of hydrogen-bond donors (Lipinski definition) is 1. The number of hydroxylamine groups is 3. The quantitative estimate of drug-likeness (QED) is 0.478. The lowest BCUT2D eigenvalue weighted by Gasteiger charge is -2.61. The van der Waals surface area contributed by atoms with E-state index < -0.39 is 0 Å². The maximum atomic E-state index is 13.8. The molecule has 5 aliphatic rings. The van der Waals surface area contributed by atoms with E-state index in [1.165, 1.54) is 5.56 Å². The molecule has 4 fully saturated rings. The Balaban J connectivity index is 1.62. The van der Waals surface area contributed by atoms with Gasteiger partial charge in [0.25, 0.3) is 0 Å². The zero-order valence-corrected chi connectivity index (χ0v) is 14.8. The molecule has 1 amide bonds. The molecule has 6 rings (SSSR count). The number of carbonyl (C=O) groups is 1. The second kappa shape index (κ2) is 4.77. The lowest BCUT2D eigenvalue weighted by atomic mass is 9.54. The van der Waals surface area contributed by atoms with Gasteiger partial charge in [0, 0.05) is 24.9 Å². The second-order valence-electron chi connectivity index (χ2n) is 8.87. The molecule has 136 valence electrons. The number of aliphatic hydroxyl groups is 1. The lowest BCUT2D eigenvalue weighted by molar-refractivity contribution is -0.896. The van der Waals surface area contributed by atoms with Crippen LogP contribution in [0.5, 0.6) is 0 Å². The molecule has 1 saturated carbocycles. The highest BCUT2D eigenvalue weighted by Gasteiger charge is 2.72. The van der Waals surface area contributed by atoms with Gasteiger partial charge in [0.2, 0.25) is 5.91 Å². The Morgan fingerprint density at radius 1 is 1.38 bits per heavy atom. The van der Waals surface area contributed by atoms with Crippen molar-refractivity contribution in [1.29, 1.82) is 0 Å². The molecule has 5 nitrogen and oxygen atoms in total. The lowest BCUT2D eigenvalue weighted by Crippen LogP contribution is -2.69. The number of carbonyl (C=O) groups excluding carboxylic acids is 1. The van der Waals surface area contributed by atoms with Crippen molar-refractivity contribution < 1.29 is 14.5 Å². The van der Waals surface area contributed by atoms with Gasteiger partial charge in [-0.2, -0.15) is 0 Å². The summed E-state index contributed by atoms with van der Waals surface area (Å²) in [5.74, 6) is 0.966. The van der Waals surface area contributed by atoms with Crippen LogP contribution in [0.3, 0.4) is 0 Å². The number of fused-ring (bicyclic) bond motifs is 4. The fraction of sp³-hybridized carbons (Fsp3) is 0.571. The Hall–Kier alpha value is -1.69. The first kappa shape index (κ1) is 15.4. The van der Waals surface area contributed by atoms with E-state index in [0.717, 1.165) is 30.5 Å². The first-order valence-corrected chi connectivity index (χ1v) is 9.89. The van der Waals surface area contributed by atoms with Crippen LogP contribution in [0.2, 0.25) is 0 Å². The predicted octanol–water partition coefficient (Wildman–Crippen LogP) is 2.09. The number of para-hydroxylation sites is 1. The summed E-state index contributed by atoms with van der Waals surface area (Å²) in [5.41, 5.74) is 3.28. The summed E-state index contributed by atoms with van der Waals surface area (Å²) in [7, 11) is 0. The van der Waals surface area contributed by atoms with Crippen molar-refractivity contribution in [2.24, 2.45) is 11.8 Å². The number of anilines is 1. The van der Waals surface area contributed by atoms with Crippen LogP contribution >= 0.6 is 0 Å². The van der Waals surface area contributed by atoms with Gasteiger partial charge in [0.05, 0.1) is 24.6 Å².